The van der Waals surface area contributed by atoms with Crippen LogP contribution in [0.1, 0.15) is 37.7 Å². The van der Waals surface area contributed by atoms with Crippen molar-refractivity contribution in [1.29, 1.82) is 0 Å². The summed E-state index contributed by atoms with van der Waals surface area (Å²) in [6.45, 7) is 0. The Morgan fingerprint density at radius 2 is 1.97 bits per heavy atom. The second-order valence-corrected chi connectivity index (χ2v) is 8.54. The number of rotatable bonds is 8. The van der Waals surface area contributed by atoms with Gasteiger partial charge < -0.3 is 21.3 Å². The molecule has 2 aromatic carbocycles. The maximum Gasteiger partial charge on any atom is 0.298 e. The van der Waals surface area contributed by atoms with Crippen LogP contribution >= 0.6 is 11.6 Å². The van der Waals surface area contributed by atoms with Gasteiger partial charge in [0.25, 0.3) is 5.56 Å². The number of hydrazone groups is 1. The SMILES string of the molecule is N/N=C(/CCc1ccc(-n2ccnc(Nc3ccc(OC4CCCC4)cc3Cl)c2=O)cc1)NN. The van der Waals surface area contributed by atoms with Crippen molar-refractivity contribution >= 4 is 28.9 Å². The number of nitrogens with two attached hydrogens (primary N) is 2. The summed E-state index contributed by atoms with van der Waals surface area (Å²) in [5, 5.41) is 7.10. The number of aromatic nitrogens is 2. The van der Waals surface area contributed by atoms with E-state index in [1.165, 1.54) is 17.4 Å². The number of hydrazine groups is 1. The molecule has 0 atom stereocenters. The quantitative estimate of drug-likeness (QED) is 0.167. The number of aryl methyl sites for hydroxylation is 1. The van der Waals surface area contributed by atoms with Crippen LogP contribution in [-0.2, 0) is 6.42 Å². The molecule has 0 unspecified atom stereocenters. The Balaban J connectivity index is 1.47. The molecule has 4 rings (SSSR count). The topological polar surface area (TPSA) is 133 Å². The average molecular weight is 482 g/mol. The number of benzene rings is 2. The minimum atomic E-state index is -0.289. The molecular formula is C24H28ClN7O2. The van der Waals surface area contributed by atoms with Gasteiger partial charge in [-0.05, 0) is 61.9 Å². The van der Waals surface area contributed by atoms with Gasteiger partial charge in [0.15, 0.2) is 5.82 Å². The van der Waals surface area contributed by atoms with E-state index >= 15 is 0 Å². The summed E-state index contributed by atoms with van der Waals surface area (Å²) >= 11 is 6.46. The van der Waals surface area contributed by atoms with E-state index < -0.39 is 0 Å². The van der Waals surface area contributed by atoms with Gasteiger partial charge in [-0.3, -0.25) is 9.36 Å². The number of ether oxygens (including phenoxy) is 1. The van der Waals surface area contributed by atoms with E-state index in [0.29, 0.717) is 29.4 Å². The molecule has 0 bridgehead atoms. The summed E-state index contributed by atoms with van der Waals surface area (Å²) in [4.78, 5) is 17.3. The van der Waals surface area contributed by atoms with Crippen LogP contribution < -0.4 is 32.7 Å². The van der Waals surface area contributed by atoms with Crippen LogP contribution in [0.25, 0.3) is 5.69 Å². The standard InChI is InChI=1S/C24H28ClN7O2/c25-20-15-19(34-18-3-1-2-4-18)10-11-21(20)29-23-24(33)32(14-13-28-23)17-8-5-16(6-9-17)7-12-22(30-26)31-27/h5-6,8-11,13-15,18H,1-4,7,12,26-27H2,(H,28,29)(H,30,31). The molecule has 0 saturated heterocycles. The van der Waals surface area contributed by atoms with Crippen LogP contribution in [0, 0.1) is 0 Å². The molecule has 1 fully saturated rings. The minimum absolute atomic E-state index is 0.177. The van der Waals surface area contributed by atoms with Gasteiger partial charge in [-0.1, -0.05) is 23.7 Å². The largest absolute Gasteiger partial charge is 0.490 e. The zero-order chi connectivity index (χ0) is 23.9. The highest BCUT2D eigenvalue weighted by molar-refractivity contribution is 6.33. The van der Waals surface area contributed by atoms with E-state index in [1.807, 2.05) is 30.3 Å². The highest BCUT2D eigenvalue weighted by Crippen LogP contribution is 2.31. The first kappa shape index (κ1) is 23.6. The fraction of sp³-hybridized carbons (Fsp3) is 0.292. The van der Waals surface area contributed by atoms with Crippen molar-refractivity contribution < 1.29 is 4.74 Å². The Hall–Kier alpha value is -3.56. The predicted molar refractivity (Wildman–Crippen MR) is 135 cm³/mol. The predicted octanol–water partition coefficient (Wildman–Crippen LogP) is 3.62. The Bertz CT molecular complexity index is 1200. The molecule has 0 radical (unpaired) electrons. The summed E-state index contributed by atoms with van der Waals surface area (Å²) in [5.74, 6) is 12.0. The van der Waals surface area contributed by atoms with Crippen molar-refractivity contribution in [2.75, 3.05) is 5.32 Å². The number of hydrogen-bond acceptors (Lipinski definition) is 7. The molecule has 1 aromatic heterocycles. The molecule has 0 amide bonds. The lowest BCUT2D eigenvalue weighted by atomic mass is 10.1. The molecule has 10 heteroatoms. The van der Waals surface area contributed by atoms with E-state index in [-0.39, 0.29) is 17.5 Å². The molecule has 1 aliphatic rings. The number of halogens is 1. The summed E-state index contributed by atoms with van der Waals surface area (Å²) < 4.78 is 7.53. The fourth-order valence-electron chi connectivity index (χ4n) is 3.96. The minimum Gasteiger partial charge on any atom is -0.490 e. The van der Waals surface area contributed by atoms with Gasteiger partial charge in [-0.25, -0.2) is 10.8 Å². The molecule has 3 aromatic rings. The molecule has 0 spiro atoms. The monoisotopic (exact) mass is 481 g/mol. The lowest BCUT2D eigenvalue weighted by Crippen LogP contribution is -2.31. The third-order valence-corrected chi connectivity index (χ3v) is 6.14. The Labute approximate surface area is 202 Å². The molecule has 1 saturated carbocycles. The van der Waals surface area contributed by atoms with Crippen molar-refractivity contribution in [2.24, 2.45) is 16.8 Å². The van der Waals surface area contributed by atoms with Crippen LogP contribution in [0.4, 0.5) is 11.5 Å². The van der Waals surface area contributed by atoms with E-state index in [9.17, 15) is 4.79 Å². The normalized spacial score (nSPS) is 14.2. The first-order valence-electron chi connectivity index (χ1n) is 11.2. The van der Waals surface area contributed by atoms with Gasteiger partial charge in [-0.2, -0.15) is 5.10 Å². The molecule has 1 aliphatic carbocycles. The van der Waals surface area contributed by atoms with Crippen molar-refractivity contribution in [3.63, 3.8) is 0 Å². The number of anilines is 2. The number of nitrogens with one attached hydrogen (secondary N) is 2. The molecule has 34 heavy (non-hydrogen) atoms. The first-order valence-corrected chi connectivity index (χ1v) is 11.6. The Morgan fingerprint density at radius 1 is 1.21 bits per heavy atom. The van der Waals surface area contributed by atoms with Crippen molar-refractivity contribution in [1.82, 2.24) is 15.0 Å². The third-order valence-electron chi connectivity index (χ3n) is 5.83. The Morgan fingerprint density at radius 3 is 2.65 bits per heavy atom. The summed E-state index contributed by atoms with van der Waals surface area (Å²) in [6.07, 6.45) is 9.27. The second-order valence-electron chi connectivity index (χ2n) is 8.13. The van der Waals surface area contributed by atoms with Crippen LogP contribution in [-0.4, -0.2) is 21.5 Å². The smallest absolute Gasteiger partial charge is 0.298 e. The molecule has 1 heterocycles. The van der Waals surface area contributed by atoms with Gasteiger partial charge in [-0.15, -0.1) is 0 Å². The van der Waals surface area contributed by atoms with E-state index in [2.05, 4.69) is 20.8 Å². The highest BCUT2D eigenvalue weighted by Gasteiger charge is 2.17. The number of amidine groups is 1. The summed E-state index contributed by atoms with van der Waals surface area (Å²) in [6, 6.07) is 13.1. The van der Waals surface area contributed by atoms with Crippen LogP contribution in [0.3, 0.4) is 0 Å². The highest BCUT2D eigenvalue weighted by atomic mass is 35.5. The molecule has 6 N–H and O–H groups in total. The average Bonchev–Trinajstić information content (AvgIpc) is 3.36. The van der Waals surface area contributed by atoms with E-state index in [1.54, 1.807) is 24.5 Å². The Kier molecular flexibility index (Phi) is 7.66. The zero-order valence-electron chi connectivity index (χ0n) is 18.7. The lowest BCUT2D eigenvalue weighted by Gasteiger charge is -2.15. The van der Waals surface area contributed by atoms with Gasteiger partial charge in [0.1, 0.15) is 11.6 Å². The maximum absolute atomic E-state index is 13.1. The van der Waals surface area contributed by atoms with E-state index in [4.69, 9.17) is 28.0 Å². The summed E-state index contributed by atoms with van der Waals surface area (Å²) in [5.41, 5.74) is 4.54. The van der Waals surface area contributed by atoms with Gasteiger partial charge in [0.2, 0.25) is 0 Å². The van der Waals surface area contributed by atoms with Gasteiger partial charge >= 0.3 is 0 Å². The first-order chi connectivity index (χ1) is 16.6. The van der Waals surface area contributed by atoms with E-state index in [0.717, 1.165) is 29.8 Å². The number of nitrogens with zero attached hydrogens (tertiary/aromatic N) is 3. The molecular weight excluding hydrogens is 454 g/mol. The van der Waals surface area contributed by atoms with Gasteiger partial charge in [0, 0.05) is 30.6 Å². The molecule has 0 aliphatic heterocycles. The molecule has 9 nitrogen and oxygen atoms in total. The van der Waals surface area contributed by atoms with Crippen LogP contribution in [0.5, 0.6) is 5.75 Å². The number of hydrogen-bond donors (Lipinski definition) is 4. The fourth-order valence-corrected chi connectivity index (χ4v) is 4.18. The second kappa shape index (κ2) is 11.0. The molecule has 178 valence electrons. The zero-order valence-corrected chi connectivity index (χ0v) is 19.5. The van der Waals surface area contributed by atoms with Crippen LogP contribution in [0.2, 0.25) is 5.02 Å². The lowest BCUT2D eigenvalue weighted by molar-refractivity contribution is 0.210. The summed E-state index contributed by atoms with van der Waals surface area (Å²) in [7, 11) is 0. The van der Waals surface area contributed by atoms with Crippen molar-refractivity contribution in [3.8, 4) is 11.4 Å². The van der Waals surface area contributed by atoms with Crippen molar-refractivity contribution in [2.45, 2.75) is 44.6 Å². The van der Waals surface area contributed by atoms with Crippen molar-refractivity contribution in [3.05, 3.63) is 75.8 Å². The van der Waals surface area contributed by atoms with Gasteiger partial charge in [0.05, 0.1) is 16.8 Å². The van der Waals surface area contributed by atoms with Crippen LogP contribution in [0.15, 0.2) is 64.8 Å². The third kappa shape index (κ3) is 5.67. The maximum atomic E-state index is 13.1.